The van der Waals surface area contributed by atoms with Crippen molar-refractivity contribution in [1.29, 1.82) is 0 Å². The van der Waals surface area contributed by atoms with Crippen molar-refractivity contribution in [2.75, 3.05) is 13.2 Å². The van der Waals surface area contributed by atoms with Crippen LogP contribution < -0.4 is 68.9 Å². The number of phosphoric acid groups is 1. The minimum Gasteiger partial charge on any atom is -0.790 e. The fourth-order valence-electron chi connectivity index (χ4n) is 0.0833. The predicted molar refractivity (Wildman–Crippen MR) is 21.7 cm³/mol. The number of hydrogen-bond donors (Lipinski definition) is 1. The molecule has 6 nitrogen and oxygen atoms in total. The van der Waals surface area contributed by atoms with Gasteiger partial charge in [-0.2, -0.15) is 0 Å². The topological polar surface area (TPSA) is 102 Å². The molecule has 0 aliphatic carbocycles. The normalized spacial score (nSPS) is 14.1. The summed E-state index contributed by atoms with van der Waals surface area (Å²) in [6.07, 6.45) is 0. The average Bonchev–Trinajstić information content (AvgIpc) is 1.12. The van der Waals surface area contributed by atoms with Gasteiger partial charge in [0.2, 0.25) is 0 Å². The molecule has 0 unspecified atom stereocenters. The maximum Gasteiger partial charge on any atom is 1.00 e. The first-order chi connectivity index (χ1) is 4.00. The molecule has 0 aromatic carbocycles. The van der Waals surface area contributed by atoms with Crippen LogP contribution in [0, 0.1) is 0 Å². The molecule has 0 aromatic rings. The van der Waals surface area contributed by atoms with Crippen LogP contribution in [0.1, 0.15) is 0 Å². The molecule has 0 radical (unpaired) electrons. The van der Waals surface area contributed by atoms with Crippen molar-refractivity contribution in [3.8, 4) is 0 Å². The van der Waals surface area contributed by atoms with E-state index in [0.29, 0.717) is 0 Å². The summed E-state index contributed by atoms with van der Waals surface area (Å²) in [6.45, 7) is 1.56. The van der Waals surface area contributed by atoms with Crippen LogP contribution in [0.4, 0.5) is 0 Å². The van der Waals surface area contributed by atoms with Crippen molar-refractivity contribution in [3.63, 3.8) is 0 Å². The molecule has 0 spiro atoms. The Morgan fingerprint density at radius 3 is 1.27 bits per heavy atom. The molecule has 1 N–H and O–H groups in total. The second-order valence-electron chi connectivity index (χ2n) is 1.11. The van der Waals surface area contributed by atoms with Crippen molar-refractivity contribution >= 4 is 7.82 Å². The van der Waals surface area contributed by atoms with E-state index in [1.54, 1.807) is 0 Å². The van der Waals surface area contributed by atoms with Crippen LogP contribution in [-0.2, 0) is 14.3 Å². The summed E-state index contributed by atoms with van der Waals surface area (Å²) in [5.74, 6) is 0. The summed E-state index contributed by atoms with van der Waals surface area (Å²) < 4.78 is 8.66. The van der Waals surface area contributed by atoms with E-state index in [2.05, 4.69) is 9.78 Å². The molecule has 1 rings (SSSR count). The van der Waals surface area contributed by atoms with Gasteiger partial charge < -0.3 is 19.2 Å². The summed E-state index contributed by atoms with van der Waals surface area (Å²) in [4.78, 5) is 32.7. The van der Waals surface area contributed by atoms with E-state index < -0.39 is 7.82 Å². The van der Waals surface area contributed by atoms with Crippen LogP contribution in [0.2, 0.25) is 0 Å². The second kappa shape index (κ2) is 10.1. The SMILES string of the molecule is C1COO1.O=P([O-])([O-])O.[Na+].[Na+]. The molecule has 1 fully saturated rings. The third kappa shape index (κ3) is 33.3. The molecule has 1 aliphatic heterocycles. The Hall–Kier alpha value is 2.03. The minimum absolute atomic E-state index is 0. The Morgan fingerprint density at radius 2 is 1.27 bits per heavy atom. The second-order valence-corrected chi connectivity index (χ2v) is 2.05. The van der Waals surface area contributed by atoms with Gasteiger partial charge in [-0.15, -0.1) is 0 Å². The minimum atomic E-state index is -5.14. The number of rotatable bonds is 0. The first-order valence-electron chi connectivity index (χ1n) is 1.99. The van der Waals surface area contributed by atoms with E-state index in [4.69, 9.17) is 19.2 Å². The molecule has 1 heterocycles. The molecule has 11 heavy (non-hydrogen) atoms. The zero-order chi connectivity index (χ0) is 7.33. The average molecular weight is 202 g/mol. The van der Waals surface area contributed by atoms with E-state index in [1.807, 2.05) is 0 Å². The van der Waals surface area contributed by atoms with Crippen molar-refractivity contribution in [1.82, 2.24) is 0 Å². The quantitative estimate of drug-likeness (QED) is 0.238. The molecule has 1 aliphatic rings. The predicted octanol–water partition coefficient (Wildman–Crippen LogP) is -8.24. The van der Waals surface area contributed by atoms with E-state index in [-0.39, 0.29) is 59.1 Å². The first kappa shape index (κ1) is 18.7. The molecule has 0 aromatic heterocycles. The van der Waals surface area contributed by atoms with Crippen molar-refractivity contribution < 1.29 is 88.1 Å². The summed E-state index contributed by atoms with van der Waals surface area (Å²) in [5, 5.41) is 0. The Bertz CT molecular complexity index is 96.9. The van der Waals surface area contributed by atoms with Gasteiger partial charge in [0, 0.05) is 0 Å². The van der Waals surface area contributed by atoms with Crippen LogP contribution in [-0.4, -0.2) is 18.1 Å². The van der Waals surface area contributed by atoms with Gasteiger partial charge in [0.1, 0.15) is 13.2 Å². The molecule has 56 valence electrons. The molecular weight excluding hydrogens is 197 g/mol. The van der Waals surface area contributed by atoms with Crippen LogP contribution in [0.25, 0.3) is 0 Å². The molecule has 1 saturated heterocycles. The molecule has 0 amide bonds. The smallest absolute Gasteiger partial charge is 0.790 e. The van der Waals surface area contributed by atoms with Crippen molar-refractivity contribution in [2.24, 2.45) is 0 Å². The van der Waals surface area contributed by atoms with Gasteiger partial charge in [0.25, 0.3) is 0 Å². The van der Waals surface area contributed by atoms with Crippen LogP contribution >= 0.6 is 7.82 Å². The third-order valence-corrected chi connectivity index (χ3v) is 0.333. The van der Waals surface area contributed by atoms with Crippen molar-refractivity contribution in [3.05, 3.63) is 0 Å². The summed E-state index contributed by atoms with van der Waals surface area (Å²) in [7, 11) is -5.14. The number of hydrogen-bond acceptors (Lipinski definition) is 5. The van der Waals surface area contributed by atoms with Gasteiger partial charge in [-0.3, -0.25) is 0 Å². The van der Waals surface area contributed by atoms with Crippen LogP contribution in [0.15, 0.2) is 0 Å². The summed E-state index contributed by atoms with van der Waals surface area (Å²) >= 11 is 0. The molecule has 0 bridgehead atoms. The van der Waals surface area contributed by atoms with Crippen molar-refractivity contribution in [2.45, 2.75) is 0 Å². The van der Waals surface area contributed by atoms with Crippen LogP contribution in [0.5, 0.6) is 0 Å². The van der Waals surface area contributed by atoms with E-state index in [9.17, 15) is 0 Å². The van der Waals surface area contributed by atoms with Crippen LogP contribution in [0.3, 0.4) is 0 Å². The standard InChI is InChI=1S/C2H4O2.2Na.H3O4P/c1-2-4-3-1;;;1-5(2,3)4/h1-2H2;;;(H3,1,2,3,4)/q;2*+1;/p-2. The Balaban J connectivity index is -0.0000000990. The van der Waals surface area contributed by atoms with Gasteiger partial charge in [0.05, 0.1) is 7.82 Å². The van der Waals surface area contributed by atoms with E-state index in [1.165, 1.54) is 0 Å². The maximum absolute atomic E-state index is 8.66. The van der Waals surface area contributed by atoms with Gasteiger partial charge in [-0.25, -0.2) is 9.78 Å². The zero-order valence-electron chi connectivity index (χ0n) is 6.35. The third-order valence-electron chi connectivity index (χ3n) is 0.333. The molecule has 0 saturated carbocycles. The zero-order valence-corrected chi connectivity index (χ0v) is 11.2. The maximum atomic E-state index is 8.66. The largest absolute Gasteiger partial charge is 1.00 e. The Kier molecular flexibility index (Phi) is 17.2. The molecular formula is C2H5Na2O6P. The van der Waals surface area contributed by atoms with E-state index >= 15 is 0 Å². The fourth-order valence-corrected chi connectivity index (χ4v) is 0.0833. The van der Waals surface area contributed by atoms with Gasteiger partial charge in [0.15, 0.2) is 0 Å². The monoisotopic (exact) mass is 202 g/mol. The van der Waals surface area contributed by atoms with Gasteiger partial charge >= 0.3 is 59.1 Å². The van der Waals surface area contributed by atoms with Gasteiger partial charge in [-0.05, 0) is 0 Å². The Morgan fingerprint density at radius 1 is 1.18 bits per heavy atom. The molecule has 0 atom stereocenters. The summed E-state index contributed by atoms with van der Waals surface area (Å²) in [5.41, 5.74) is 0. The summed E-state index contributed by atoms with van der Waals surface area (Å²) in [6, 6.07) is 0. The first-order valence-corrected chi connectivity index (χ1v) is 3.49. The molecule has 9 heteroatoms. The van der Waals surface area contributed by atoms with E-state index in [0.717, 1.165) is 13.2 Å². The fraction of sp³-hybridized carbons (Fsp3) is 1.00. The van der Waals surface area contributed by atoms with Gasteiger partial charge in [-0.1, -0.05) is 0 Å². The Labute approximate surface area is 108 Å².